The van der Waals surface area contributed by atoms with E-state index in [1.807, 2.05) is 11.8 Å². The van der Waals surface area contributed by atoms with E-state index < -0.39 is 0 Å². The molecule has 1 rings (SSSR count). The molecule has 0 bridgehead atoms. The summed E-state index contributed by atoms with van der Waals surface area (Å²) in [6.07, 6.45) is 6.47. The van der Waals surface area contributed by atoms with Gasteiger partial charge in [0.15, 0.2) is 0 Å². The van der Waals surface area contributed by atoms with Crippen molar-refractivity contribution in [2.45, 2.75) is 103 Å². The molecule has 0 spiro atoms. The van der Waals surface area contributed by atoms with Crippen LogP contribution < -0.4 is 0 Å². The molecule has 0 N–H and O–H groups in total. The molecule has 0 aromatic carbocycles. The molecule has 25 heavy (non-hydrogen) atoms. The summed E-state index contributed by atoms with van der Waals surface area (Å²) in [5, 5.41) is 0. The van der Waals surface area contributed by atoms with Gasteiger partial charge in [-0.15, -0.1) is 11.8 Å². The standard InChI is InChI=1S/C20H40O4S/c1-6-10-13-21-17-16(5)24-20(25-9-4)19(23-15-12-8-3)18(17)22-14-11-7-2/h16-20H,6-15H2,1-5H3/t16-,17?,18?,19-,20?/m0/s1. The minimum absolute atomic E-state index is 0.0227. The van der Waals surface area contributed by atoms with Crippen molar-refractivity contribution < 1.29 is 18.9 Å². The van der Waals surface area contributed by atoms with Gasteiger partial charge in [-0.05, 0) is 31.9 Å². The van der Waals surface area contributed by atoms with Crippen LogP contribution in [0.1, 0.15) is 73.1 Å². The zero-order chi connectivity index (χ0) is 18.5. The SMILES string of the molecule is CCCCOC1C(OCCCC)[C@H](C)OC(SCC)[C@H]1OCCCC. The van der Waals surface area contributed by atoms with E-state index in [0.717, 1.165) is 64.1 Å². The van der Waals surface area contributed by atoms with Crippen molar-refractivity contribution in [3.05, 3.63) is 0 Å². The van der Waals surface area contributed by atoms with Gasteiger partial charge in [0.25, 0.3) is 0 Å². The van der Waals surface area contributed by atoms with Crippen molar-refractivity contribution in [3.63, 3.8) is 0 Å². The Bertz CT molecular complexity index is 316. The van der Waals surface area contributed by atoms with Crippen LogP contribution in [0.4, 0.5) is 0 Å². The molecule has 4 nitrogen and oxygen atoms in total. The van der Waals surface area contributed by atoms with E-state index in [0.29, 0.717) is 0 Å². The largest absolute Gasteiger partial charge is 0.373 e. The lowest BCUT2D eigenvalue weighted by Crippen LogP contribution is -2.58. The second-order valence-electron chi connectivity index (χ2n) is 6.73. The molecule has 5 heteroatoms. The quantitative estimate of drug-likeness (QED) is 0.397. The maximum absolute atomic E-state index is 6.31. The predicted molar refractivity (Wildman–Crippen MR) is 106 cm³/mol. The molecule has 1 heterocycles. The summed E-state index contributed by atoms with van der Waals surface area (Å²) in [5.41, 5.74) is 0.0227. The third-order valence-corrected chi connectivity index (χ3v) is 5.52. The fourth-order valence-corrected chi connectivity index (χ4v) is 3.96. The monoisotopic (exact) mass is 376 g/mol. The minimum Gasteiger partial charge on any atom is -0.373 e. The van der Waals surface area contributed by atoms with E-state index in [4.69, 9.17) is 18.9 Å². The molecule has 3 unspecified atom stereocenters. The second kappa shape index (κ2) is 14.3. The summed E-state index contributed by atoms with van der Waals surface area (Å²) < 4.78 is 25.1. The summed E-state index contributed by atoms with van der Waals surface area (Å²) in [4.78, 5) is 0. The molecule has 0 aliphatic carbocycles. The Morgan fingerprint density at radius 1 is 0.720 bits per heavy atom. The van der Waals surface area contributed by atoms with Crippen LogP contribution >= 0.6 is 11.8 Å². The summed E-state index contributed by atoms with van der Waals surface area (Å²) in [7, 11) is 0. The average Bonchev–Trinajstić information content (AvgIpc) is 2.60. The molecule has 0 saturated carbocycles. The lowest BCUT2D eigenvalue weighted by atomic mass is 10.00. The van der Waals surface area contributed by atoms with Crippen LogP contribution in [-0.4, -0.2) is 55.4 Å². The molecule has 0 aromatic heterocycles. The van der Waals surface area contributed by atoms with Gasteiger partial charge in [-0.25, -0.2) is 0 Å². The van der Waals surface area contributed by atoms with E-state index in [-0.39, 0.29) is 29.9 Å². The molecular weight excluding hydrogens is 336 g/mol. The van der Waals surface area contributed by atoms with Gasteiger partial charge in [-0.2, -0.15) is 0 Å². The van der Waals surface area contributed by atoms with Crippen LogP contribution in [0.5, 0.6) is 0 Å². The van der Waals surface area contributed by atoms with E-state index in [9.17, 15) is 0 Å². The van der Waals surface area contributed by atoms with Crippen molar-refractivity contribution in [3.8, 4) is 0 Å². The maximum Gasteiger partial charge on any atom is 0.132 e. The van der Waals surface area contributed by atoms with Gasteiger partial charge in [-0.1, -0.05) is 47.0 Å². The number of rotatable bonds is 14. The molecule has 5 atom stereocenters. The Morgan fingerprint density at radius 3 is 1.68 bits per heavy atom. The molecule has 150 valence electrons. The van der Waals surface area contributed by atoms with Crippen molar-refractivity contribution in [1.82, 2.24) is 0 Å². The molecular formula is C20H40O4S. The van der Waals surface area contributed by atoms with Crippen LogP contribution in [0.2, 0.25) is 0 Å². The number of hydrogen-bond donors (Lipinski definition) is 0. The lowest BCUT2D eigenvalue weighted by Gasteiger charge is -2.45. The van der Waals surface area contributed by atoms with Crippen LogP contribution in [-0.2, 0) is 18.9 Å². The molecule has 0 radical (unpaired) electrons. The molecule has 0 aromatic rings. The number of thioether (sulfide) groups is 1. The van der Waals surface area contributed by atoms with E-state index >= 15 is 0 Å². The van der Waals surface area contributed by atoms with Crippen LogP contribution in [0.3, 0.4) is 0 Å². The highest BCUT2D eigenvalue weighted by Gasteiger charge is 2.46. The second-order valence-corrected chi connectivity index (χ2v) is 8.11. The van der Waals surface area contributed by atoms with E-state index in [1.54, 1.807) is 0 Å². The van der Waals surface area contributed by atoms with Gasteiger partial charge in [0, 0.05) is 19.8 Å². The highest BCUT2D eigenvalue weighted by Crippen LogP contribution is 2.33. The third-order valence-electron chi connectivity index (χ3n) is 4.48. The van der Waals surface area contributed by atoms with Crippen molar-refractivity contribution in [1.29, 1.82) is 0 Å². The van der Waals surface area contributed by atoms with Gasteiger partial charge in [0.05, 0.1) is 6.10 Å². The van der Waals surface area contributed by atoms with E-state index in [2.05, 4.69) is 34.6 Å². The first kappa shape index (κ1) is 23.2. The van der Waals surface area contributed by atoms with Gasteiger partial charge in [0.2, 0.25) is 0 Å². The normalized spacial score (nSPS) is 29.9. The highest BCUT2D eigenvalue weighted by atomic mass is 32.2. The summed E-state index contributed by atoms with van der Waals surface area (Å²) in [5.74, 6) is 1.01. The lowest BCUT2D eigenvalue weighted by molar-refractivity contribution is -0.235. The molecule has 1 saturated heterocycles. The zero-order valence-electron chi connectivity index (χ0n) is 17.0. The number of unbranched alkanes of at least 4 members (excludes halogenated alkanes) is 3. The first-order chi connectivity index (χ1) is 12.2. The Hall–Kier alpha value is 0.190. The molecule has 1 aliphatic heterocycles. The Kier molecular flexibility index (Phi) is 13.3. The zero-order valence-corrected chi connectivity index (χ0v) is 17.8. The Balaban J connectivity index is 2.84. The summed E-state index contributed by atoms with van der Waals surface area (Å²) >= 11 is 1.81. The summed E-state index contributed by atoms with van der Waals surface area (Å²) in [6, 6.07) is 0. The molecule has 1 aliphatic rings. The van der Waals surface area contributed by atoms with Crippen molar-refractivity contribution in [2.24, 2.45) is 0 Å². The predicted octanol–water partition coefficient (Wildman–Crippen LogP) is 5.04. The highest BCUT2D eigenvalue weighted by molar-refractivity contribution is 7.99. The van der Waals surface area contributed by atoms with E-state index in [1.165, 1.54) is 0 Å². The van der Waals surface area contributed by atoms with Gasteiger partial charge in [-0.3, -0.25) is 0 Å². The minimum atomic E-state index is -0.0591. The van der Waals surface area contributed by atoms with Crippen molar-refractivity contribution in [2.75, 3.05) is 25.6 Å². The number of ether oxygens (including phenoxy) is 4. The maximum atomic E-state index is 6.31. The fraction of sp³-hybridized carbons (Fsp3) is 1.00. The van der Waals surface area contributed by atoms with Crippen LogP contribution in [0.15, 0.2) is 0 Å². The summed E-state index contributed by atoms with van der Waals surface area (Å²) in [6.45, 7) is 13.1. The van der Waals surface area contributed by atoms with Gasteiger partial charge in [0.1, 0.15) is 23.7 Å². The first-order valence-electron chi connectivity index (χ1n) is 10.3. The van der Waals surface area contributed by atoms with Crippen molar-refractivity contribution >= 4 is 11.8 Å². The first-order valence-corrected chi connectivity index (χ1v) is 11.4. The van der Waals surface area contributed by atoms with Gasteiger partial charge >= 0.3 is 0 Å². The van der Waals surface area contributed by atoms with Crippen LogP contribution in [0, 0.1) is 0 Å². The fourth-order valence-electron chi connectivity index (χ4n) is 2.96. The Morgan fingerprint density at radius 2 is 1.20 bits per heavy atom. The smallest absolute Gasteiger partial charge is 0.132 e. The topological polar surface area (TPSA) is 36.9 Å². The van der Waals surface area contributed by atoms with Crippen LogP contribution in [0.25, 0.3) is 0 Å². The molecule has 0 amide bonds. The van der Waals surface area contributed by atoms with Gasteiger partial charge < -0.3 is 18.9 Å². The average molecular weight is 377 g/mol. The third kappa shape index (κ3) is 8.17. The molecule has 1 fully saturated rings. The Labute approximate surface area is 159 Å². The number of hydrogen-bond acceptors (Lipinski definition) is 5.